The molecule has 3 aromatic carbocycles. The third-order valence-corrected chi connectivity index (χ3v) is 5.30. The van der Waals surface area contributed by atoms with Crippen molar-refractivity contribution in [3.8, 4) is 11.3 Å². The lowest BCUT2D eigenvalue weighted by Crippen LogP contribution is -2.10. The molecule has 1 N–H and O–H groups in total. The fraction of sp³-hybridized carbons (Fsp3) is 0.0909. The van der Waals surface area contributed by atoms with E-state index >= 15 is 0 Å². The number of carbonyl (C=O) groups is 1. The molecule has 1 aliphatic carbocycles. The summed E-state index contributed by atoms with van der Waals surface area (Å²) in [6, 6.07) is 20.3. The Balaban J connectivity index is 1.65. The number of carbonyl (C=O) groups excluding carboxylic acids is 1. The van der Waals surface area contributed by atoms with Crippen LogP contribution in [0.15, 0.2) is 66.7 Å². The number of ketones is 1. The Bertz CT molecular complexity index is 1190. The van der Waals surface area contributed by atoms with E-state index in [4.69, 9.17) is 16.7 Å². The van der Waals surface area contributed by atoms with E-state index in [0.29, 0.717) is 16.1 Å². The molecule has 1 atom stereocenters. The van der Waals surface area contributed by atoms with Crippen LogP contribution >= 0.6 is 11.6 Å². The van der Waals surface area contributed by atoms with Gasteiger partial charge in [0.05, 0.1) is 18.2 Å². The van der Waals surface area contributed by atoms with Crippen molar-refractivity contribution >= 4 is 28.3 Å². The van der Waals surface area contributed by atoms with Crippen LogP contribution in [0.1, 0.15) is 27.6 Å². The van der Waals surface area contributed by atoms with E-state index < -0.39 is 6.10 Å². The van der Waals surface area contributed by atoms with Crippen molar-refractivity contribution in [2.75, 3.05) is 0 Å². The highest BCUT2D eigenvalue weighted by molar-refractivity contribution is 6.30. The second-order valence-electron chi connectivity index (χ2n) is 6.67. The van der Waals surface area contributed by atoms with Crippen LogP contribution in [0.5, 0.6) is 0 Å². The van der Waals surface area contributed by atoms with Gasteiger partial charge in [-0.15, -0.1) is 0 Å². The minimum absolute atomic E-state index is 0.0153. The van der Waals surface area contributed by atoms with E-state index in [1.54, 1.807) is 16.8 Å². The van der Waals surface area contributed by atoms with Crippen molar-refractivity contribution in [2.45, 2.75) is 12.6 Å². The van der Waals surface area contributed by atoms with Crippen molar-refractivity contribution in [2.24, 2.45) is 0 Å². The van der Waals surface area contributed by atoms with Crippen LogP contribution in [0.4, 0.5) is 0 Å². The van der Waals surface area contributed by atoms with E-state index in [1.165, 1.54) is 0 Å². The SMILES string of the molecule is O=C1c2ccccc2-c2nn(C[C@@H](O)c3ccc(Cl)cc3)c3cccc1c23. The fourth-order valence-electron chi connectivity index (χ4n) is 3.73. The number of fused-ring (bicyclic) bond motifs is 2. The van der Waals surface area contributed by atoms with Crippen molar-refractivity contribution in [1.29, 1.82) is 0 Å². The summed E-state index contributed by atoms with van der Waals surface area (Å²) in [5.74, 6) is 0.0153. The summed E-state index contributed by atoms with van der Waals surface area (Å²) in [4.78, 5) is 12.9. The quantitative estimate of drug-likeness (QED) is 0.500. The Labute approximate surface area is 160 Å². The highest BCUT2D eigenvalue weighted by Gasteiger charge is 2.28. The minimum Gasteiger partial charge on any atom is -0.386 e. The first-order valence-electron chi connectivity index (χ1n) is 8.70. The second kappa shape index (κ2) is 6.05. The maximum absolute atomic E-state index is 12.9. The molecule has 0 bridgehead atoms. The first kappa shape index (κ1) is 16.2. The summed E-state index contributed by atoms with van der Waals surface area (Å²) in [7, 11) is 0. The average molecular weight is 375 g/mol. The summed E-state index contributed by atoms with van der Waals surface area (Å²) in [6.07, 6.45) is -0.728. The zero-order valence-electron chi connectivity index (χ0n) is 14.3. The Morgan fingerprint density at radius 3 is 2.41 bits per heavy atom. The van der Waals surface area contributed by atoms with Gasteiger partial charge in [-0.2, -0.15) is 5.10 Å². The molecule has 1 aliphatic rings. The van der Waals surface area contributed by atoms with Gasteiger partial charge >= 0.3 is 0 Å². The molecule has 5 heteroatoms. The summed E-state index contributed by atoms with van der Waals surface area (Å²) in [5, 5.41) is 16.9. The molecular weight excluding hydrogens is 360 g/mol. The third-order valence-electron chi connectivity index (χ3n) is 5.05. The lowest BCUT2D eigenvalue weighted by Gasteiger charge is -2.14. The Morgan fingerprint density at radius 1 is 0.926 bits per heavy atom. The van der Waals surface area contributed by atoms with Crippen molar-refractivity contribution in [1.82, 2.24) is 9.78 Å². The van der Waals surface area contributed by atoms with Gasteiger partial charge in [0.1, 0.15) is 5.69 Å². The number of hydrogen-bond acceptors (Lipinski definition) is 3. The van der Waals surface area contributed by atoms with Gasteiger partial charge in [0.25, 0.3) is 0 Å². The Hall–Kier alpha value is -2.95. The molecule has 0 amide bonds. The zero-order valence-corrected chi connectivity index (χ0v) is 15.0. The monoisotopic (exact) mass is 374 g/mol. The number of aliphatic hydroxyl groups excluding tert-OH is 1. The summed E-state index contributed by atoms with van der Waals surface area (Å²) >= 11 is 5.93. The zero-order chi connectivity index (χ0) is 18.5. The first-order chi connectivity index (χ1) is 13.1. The molecule has 27 heavy (non-hydrogen) atoms. The number of aliphatic hydroxyl groups is 1. The van der Waals surface area contributed by atoms with Crippen LogP contribution < -0.4 is 0 Å². The largest absolute Gasteiger partial charge is 0.386 e. The lowest BCUT2D eigenvalue weighted by atomic mass is 9.87. The molecule has 0 saturated heterocycles. The molecule has 0 aliphatic heterocycles. The summed E-state index contributed by atoms with van der Waals surface area (Å²) in [5.41, 5.74) is 4.57. The first-order valence-corrected chi connectivity index (χ1v) is 9.08. The van der Waals surface area contributed by atoms with Crippen LogP contribution in [-0.2, 0) is 6.54 Å². The van der Waals surface area contributed by atoms with E-state index in [-0.39, 0.29) is 12.3 Å². The Morgan fingerprint density at radius 2 is 1.63 bits per heavy atom. The maximum Gasteiger partial charge on any atom is 0.194 e. The van der Waals surface area contributed by atoms with Crippen LogP contribution in [-0.4, -0.2) is 20.7 Å². The van der Waals surface area contributed by atoms with Crippen molar-refractivity contribution in [3.05, 3.63) is 88.4 Å². The molecule has 1 aromatic heterocycles. The van der Waals surface area contributed by atoms with E-state index in [0.717, 1.165) is 27.7 Å². The van der Waals surface area contributed by atoms with Gasteiger partial charge in [-0.3, -0.25) is 9.48 Å². The molecule has 0 fully saturated rings. The van der Waals surface area contributed by atoms with E-state index in [9.17, 15) is 9.90 Å². The highest BCUT2D eigenvalue weighted by Crippen LogP contribution is 2.39. The molecule has 4 aromatic rings. The Kier molecular flexibility index (Phi) is 3.64. The number of aromatic nitrogens is 2. The number of halogens is 1. The van der Waals surface area contributed by atoms with Crippen LogP contribution in [0, 0.1) is 0 Å². The molecule has 0 radical (unpaired) electrons. The van der Waals surface area contributed by atoms with Gasteiger partial charge in [-0.05, 0) is 23.8 Å². The predicted octanol–water partition coefficient (Wildman–Crippen LogP) is 4.63. The standard InChI is InChI=1S/C22H15ClN2O2/c23-14-10-8-13(9-11-14)19(26)12-25-18-7-3-6-17-20(18)21(24-25)15-4-1-2-5-16(15)22(17)27/h1-11,19,26H,12H2/t19-/m1/s1. The number of rotatable bonds is 3. The molecule has 0 unspecified atom stereocenters. The fourth-order valence-corrected chi connectivity index (χ4v) is 3.86. The highest BCUT2D eigenvalue weighted by atomic mass is 35.5. The molecule has 4 nitrogen and oxygen atoms in total. The number of nitrogens with zero attached hydrogens (tertiary/aromatic N) is 2. The molecule has 132 valence electrons. The second-order valence-corrected chi connectivity index (χ2v) is 7.11. The molecule has 0 saturated carbocycles. The van der Waals surface area contributed by atoms with Gasteiger partial charge in [-0.25, -0.2) is 0 Å². The molecule has 0 spiro atoms. The normalized spacial score (nSPS) is 13.6. The summed E-state index contributed by atoms with van der Waals surface area (Å²) in [6.45, 7) is 0.290. The van der Waals surface area contributed by atoms with Gasteiger partial charge in [0.15, 0.2) is 5.78 Å². The van der Waals surface area contributed by atoms with E-state index in [1.807, 2.05) is 54.6 Å². The molecular formula is C22H15ClN2O2. The van der Waals surface area contributed by atoms with Gasteiger partial charge < -0.3 is 5.11 Å². The van der Waals surface area contributed by atoms with Crippen LogP contribution in [0.25, 0.3) is 22.2 Å². The average Bonchev–Trinajstić information content (AvgIpc) is 3.06. The minimum atomic E-state index is -0.728. The van der Waals surface area contributed by atoms with Crippen LogP contribution in [0.2, 0.25) is 5.02 Å². The number of benzene rings is 3. The maximum atomic E-state index is 12.9. The van der Waals surface area contributed by atoms with Crippen molar-refractivity contribution < 1.29 is 9.90 Å². The van der Waals surface area contributed by atoms with Gasteiger partial charge in [0.2, 0.25) is 0 Å². The summed E-state index contributed by atoms with van der Waals surface area (Å²) < 4.78 is 1.78. The van der Waals surface area contributed by atoms with Gasteiger partial charge in [0, 0.05) is 27.1 Å². The number of hydrogen-bond donors (Lipinski definition) is 1. The molecule has 5 rings (SSSR count). The molecule has 1 heterocycles. The predicted molar refractivity (Wildman–Crippen MR) is 105 cm³/mol. The van der Waals surface area contributed by atoms with Gasteiger partial charge in [-0.1, -0.05) is 60.1 Å². The van der Waals surface area contributed by atoms with Crippen molar-refractivity contribution in [3.63, 3.8) is 0 Å². The smallest absolute Gasteiger partial charge is 0.194 e. The topological polar surface area (TPSA) is 55.1 Å². The third kappa shape index (κ3) is 2.49. The van der Waals surface area contributed by atoms with Crippen LogP contribution in [0.3, 0.4) is 0 Å². The lowest BCUT2D eigenvalue weighted by molar-refractivity contribution is 0.104. The van der Waals surface area contributed by atoms with E-state index in [2.05, 4.69) is 0 Å².